The predicted molar refractivity (Wildman–Crippen MR) is 60.1 cm³/mol. The first-order chi connectivity index (χ1) is 6.84. The van der Waals surface area contributed by atoms with Gasteiger partial charge in [0.25, 0.3) is 0 Å². The van der Waals surface area contributed by atoms with Crippen molar-refractivity contribution in [2.75, 3.05) is 13.1 Å². The van der Waals surface area contributed by atoms with Crippen LogP contribution in [-0.2, 0) is 9.59 Å². The minimum absolute atomic E-state index is 0.122. The average molecular weight is 214 g/mol. The molecule has 88 valence electrons. The van der Waals surface area contributed by atoms with Crippen molar-refractivity contribution in [1.29, 1.82) is 0 Å². The highest BCUT2D eigenvalue weighted by molar-refractivity contribution is 5.97. The van der Waals surface area contributed by atoms with Gasteiger partial charge in [-0.25, -0.2) is 0 Å². The van der Waals surface area contributed by atoms with Crippen molar-refractivity contribution in [3.63, 3.8) is 0 Å². The Morgan fingerprint density at radius 1 is 1.27 bits per heavy atom. The standard InChI is InChI=1S/C11H22N2O2/c1-5-9(14)13(8-6-7-12)10(15)11(2,3)4/h5-8,12H2,1-4H3. The Hall–Kier alpha value is -0.900. The van der Waals surface area contributed by atoms with Crippen LogP contribution in [0.2, 0.25) is 0 Å². The largest absolute Gasteiger partial charge is 0.330 e. The molecular weight excluding hydrogens is 192 g/mol. The Balaban J connectivity index is 4.63. The second-order valence-electron chi connectivity index (χ2n) is 4.60. The maximum Gasteiger partial charge on any atom is 0.234 e. The zero-order valence-corrected chi connectivity index (χ0v) is 10.2. The fourth-order valence-corrected chi connectivity index (χ4v) is 1.18. The smallest absolute Gasteiger partial charge is 0.234 e. The summed E-state index contributed by atoms with van der Waals surface area (Å²) in [6.07, 6.45) is 1.01. The quantitative estimate of drug-likeness (QED) is 0.763. The lowest BCUT2D eigenvalue weighted by molar-refractivity contribution is -0.150. The Morgan fingerprint density at radius 2 is 1.80 bits per heavy atom. The highest BCUT2D eigenvalue weighted by Crippen LogP contribution is 2.18. The molecule has 0 bridgehead atoms. The van der Waals surface area contributed by atoms with E-state index in [9.17, 15) is 9.59 Å². The van der Waals surface area contributed by atoms with Crippen molar-refractivity contribution in [3.8, 4) is 0 Å². The van der Waals surface area contributed by atoms with Crippen LogP contribution in [0.3, 0.4) is 0 Å². The number of carbonyl (C=O) groups excluding carboxylic acids is 2. The molecule has 0 aromatic heterocycles. The summed E-state index contributed by atoms with van der Waals surface area (Å²) < 4.78 is 0. The van der Waals surface area contributed by atoms with Crippen LogP contribution in [0.1, 0.15) is 40.5 Å². The molecule has 4 nitrogen and oxygen atoms in total. The molecule has 0 radical (unpaired) electrons. The van der Waals surface area contributed by atoms with Crippen LogP contribution >= 0.6 is 0 Å². The van der Waals surface area contributed by atoms with E-state index in [1.165, 1.54) is 4.90 Å². The number of hydrogen-bond donors (Lipinski definition) is 1. The molecule has 0 aromatic carbocycles. The highest BCUT2D eigenvalue weighted by atomic mass is 16.2. The van der Waals surface area contributed by atoms with Gasteiger partial charge < -0.3 is 5.73 Å². The second-order valence-corrected chi connectivity index (χ2v) is 4.60. The van der Waals surface area contributed by atoms with Crippen molar-refractivity contribution >= 4 is 11.8 Å². The summed E-state index contributed by atoms with van der Waals surface area (Å²) in [7, 11) is 0. The van der Waals surface area contributed by atoms with Crippen molar-refractivity contribution in [2.45, 2.75) is 40.5 Å². The van der Waals surface area contributed by atoms with Gasteiger partial charge >= 0.3 is 0 Å². The van der Waals surface area contributed by atoms with E-state index in [2.05, 4.69) is 0 Å². The van der Waals surface area contributed by atoms with E-state index in [1.54, 1.807) is 6.92 Å². The Kier molecular flexibility index (Phi) is 5.50. The second kappa shape index (κ2) is 5.85. The van der Waals surface area contributed by atoms with E-state index in [1.807, 2.05) is 20.8 Å². The Morgan fingerprint density at radius 3 is 2.13 bits per heavy atom. The lowest BCUT2D eigenvalue weighted by atomic mass is 9.94. The normalized spacial score (nSPS) is 11.3. The van der Waals surface area contributed by atoms with Crippen molar-refractivity contribution < 1.29 is 9.59 Å². The number of imide groups is 1. The number of amides is 2. The molecule has 2 amide bonds. The van der Waals surface area contributed by atoms with Gasteiger partial charge in [-0.1, -0.05) is 27.7 Å². The molecule has 0 heterocycles. The number of carbonyl (C=O) groups is 2. The van der Waals surface area contributed by atoms with Crippen LogP contribution in [0.5, 0.6) is 0 Å². The minimum atomic E-state index is -0.514. The molecule has 0 aromatic rings. The van der Waals surface area contributed by atoms with Crippen LogP contribution < -0.4 is 5.73 Å². The van der Waals surface area contributed by atoms with E-state index in [-0.39, 0.29) is 11.8 Å². The molecule has 2 N–H and O–H groups in total. The summed E-state index contributed by atoms with van der Waals surface area (Å²) in [6, 6.07) is 0. The lowest BCUT2D eigenvalue weighted by Crippen LogP contribution is -2.44. The van der Waals surface area contributed by atoms with Gasteiger partial charge in [-0.05, 0) is 13.0 Å². The topological polar surface area (TPSA) is 63.4 Å². The van der Waals surface area contributed by atoms with E-state index >= 15 is 0 Å². The average Bonchev–Trinajstić information content (AvgIpc) is 2.16. The summed E-state index contributed by atoms with van der Waals surface area (Å²) in [5.74, 6) is -0.244. The number of nitrogens with two attached hydrogens (primary N) is 1. The molecule has 0 saturated heterocycles. The van der Waals surface area contributed by atoms with Crippen LogP contribution in [0.4, 0.5) is 0 Å². The van der Waals surface area contributed by atoms with Crippen LogP contribution in [0.15, 0.2) is 0 Å². The Labute approximate surface area is 91.8 Å². The fraction of sp³-hybridized carbons (Fsp3) is 0.818. The van der Waals surface area contributed by atoms with Gasteiger partial charge in [-0.3, -0.25) is 14.5 Å². The van der Waals surface area contributed by atoms with Crippen LogP contribution in [-0.4, -0.2) is 29.8 Å². The van der Waals surface area contributed by atoms with Crippen LogP contribution in [0, 0.1) is 5.41 Å². The van der Waals surface area contributed by atoms with E-state index in [0.717, 1.165) is 0 Å². The van der Waals surface area contributed by atoms with Crippen LogP contribution in [0.25, 0.3) is 0 Å². The Bertz CT molecular complexity index is 231. The molecule has 0 aliphatic heterocycles. The van der Waals surface area contributed by atoms with Crippen molar-refractivity contribution in [3.05, 3.63) is 0 Å². The monoisotopic (exact) mass is 214 g/mol. The molecule has 4 heteroatoms. The zero-order valence-electron chi connectivity index (χ0n) is 10.2. The molecule has 15 heavy (non-hydrogen) atoms. The number of rotatable bonds is 4. The lowest BCUT2D eigenvalue weighted by Gasteiger charge is -2.27. The minimum Gasteiger partial charge on any atom is -0.330 e. The zero-order chi connectivity index (χ0) is 12.1. The van der Waals surface area contributed by atoms with E-state index < -0.39 is 5.41 Å². The fourth-order valence-electron chi connectivity index (χ4n) is 1.18. The van der Waals surface area contributed by atoms with Gasteiger partial charge in [-0.2, -0.15) is 0 Å². The van der Waals surface area contributed by atoms with E-state index in [0.29, 0.717) is 25.9 Å². The molecule has 0 rings (SSSR count). The molecule has 0 spiro atoms. The maximum atomic E-state index is 11.9. The van der Waals surface area contributed by atoms with E-state index in [4.69, 9.17) is 5.73 Å². The molecule has 0 saturated carbocycles. The first-order valence-corrected chi connectivity index (χ1v) is 5.39. The predicted octanol–water partition coefficient (Wildman–Crippen LogP) is 1.15. The maximum absolute atomic E-state index is 11.9. The third-order valence-corrected chi connectivity index (χ3v) is 2.08. The SMILES string of the molecule is CCC(=O)N(CCCN)C(=O)C(C)(C)C. The molecule has 0 aliphatic carbocycles. The number of nitrogens with zero attached hydrogens (tertiary/aromatic N) is 1. The third-order valence-electron chi connectivity index (χ3n) is 2.08. The summed E-state index contributed by atoms with van der Waals surface area (Å²) in [5, 5.41) is 0. The molecule has 0 fully saturated rings. The highest BCUT2D eigenvalue weighted by Gasteiger charge is 2.29. The summed E-state index contributed by atoms with van der Waals surface area (Å²) in [4.78, 5) is 24.8. The van der Waals surface area contributed by atoms with Gasteiger partial charge in [-0.15, -0.1) is 0 Å². The molecule has 0 unspecified atom stereocenters. The first kappa shape index (κ1) is 14.1. The van der Waals surface area contributed by atoms with Gasteiger partial charge in [0.05, 0.1) is 0 Å². The van der Waals surface area contributed by atoms with Crippen molar-refractivity contribution in [1.82, 2.24) is 4.90 Å². The first-order valence-electron chi connectivity index (χ1n) is 5.39. The molecule has 0 aliphatic rings. The molecular formula is C11H22N2O2. The summed E-state index contributed by atoms with van der Waals surface area (Å²) in [6.45, 7) is 8.12. The van der Waals surface area contributed by atoms with Gasteiger partial charge in [0, 0.05) is 18.4 Å². The van der Waals surface area contributed by atoms with Crippen molar-refractivity contribution in [2.24, 2.45) is 11.1 Å². The third kappa shape index (κ3) is 4.42. The molecule has 0 atom stereocenters. The summed E-state index contributed by atoms with van der Waals surface area (Å²) >= 11 is 0. The number of hydrogen-bond acceptors (Lipinski definition) is 3. The summed E-state index contributed by atoms with van der Waals surface area (Å²) in [5.41, 5.74) is 4.86. The van der Waals surface area contributed by atoms with Gasteiger partial charge in [0.15, 0.2) is 0 Å². The van der Waals surface area contributed by atoms with Gasteiger partial charge in [0.2, 0.25) is 11.8 Å². The van der Waals surface area contributed by atoms with Gasteiger partial charge in [0.1, 0.15) is 0 Å².